The summed E-state index contributed by atoms with van der Waals surface area (Å²) >= 11 is 0. The van der Waals surface area contributed by atoms with Crippen LogP contribution in [-0.2, 0) is 16.8 Å². The first-order valence-electron chi connectivity index (χ1n) is 15.2. The lowest BCUT2D eigenvalue weighted by molar-refractivity contribution is -0.129. The van der Waals surface area contributed by atoms with Crippen LogP contribution in [0.25, 0.3) is 0 Å². The molecule has 0 aromatic heterocycles. The Morgan fingerprint density at radius 1 is 0.878 bits per heavy atom. The van der Waals surface area contributed by atoms with Gasteiger partial charge in [-0.3, -0.25) is 9.69 Å². The van der Waals surface area contributed by atoms with Crippen LogP contribution in [0, 0.1) is 5.92 Å². The van der Waals surface area contributed by atoms with E-state index in [4.69, 9.17) is 9.47 Å². The number of nitrogens with one attached hydrogen (secondary N) is 1. The zero-order valence-electron chi connectivity index (χ0n) is 24.9. The van der Waals surface area contributed by atoms with Crippen molar-refractivity contribution in [3.05, 3.63) is 90.0 Å². The number of ether oxygens (including phenoxy) is 2. The maximum atomic E-state index is 14.0. The monoisotopic (exact) mass is 555 g/mol. The van der Waals surface area contributed by atoms with Crippen molar-refractivity contribution in [1.29, 1.82) is 0 Å². The summed E-state index contributed by atoms with van der Waals surface area (Å²) < 4.78 is 11.6. The summed E-state index contributed by atoms with van der Waals surface area (Å²) in [5.74, 6) is 3.09. The average molecular weight is 556 g/mol. The molecular formula is C35H45N3O3. The van der Waals surface area contributed by atoms with Crippen LogP contribution >= 0.6 is 0 Å². The zero-order valence-corrected chi connectivity index (χ0v) is 24.9. The minimum Gasteiger partial charge on any atom is -0.493 e. The third-order valence-electron chi connectivity index (χ3n) is 8.62. The third-order valence-corrected chi connectivity index (χ3v) is 8.62. The lowest BCUT2D eigenvalue weighted by Gasteiger charge is -2.43. The number of likely N-dealkylation sites (tertiary alicyclic amines) is 2. The van der Waals surface area contributed by atoms with Crippen molar-refractivity contribution in [3.8, 4) is 17.2 Å². The molecule has 2 saturated heterocycles. The van der Waals surface area contributed by atoms with Gasteiger partial charge < -0.3 is 19.7 Å². The van der Waals surface area contributed by atoms with Gasteiger partial charge >= 0.3 is 0 Å². The minimum absolute atomic E-state index is 0.215. The molecule has 0 radical (unpaired) electrons. The van der Waals surface area contributed by atoms with Crippen molar-refractivity contribution < 1.29 is 14.3 Å². The molecule has 5 rings (SSSR count). The number of amides is 1. The number of nitrogens with zero attached hydrogens (tertiary/aromatic N) is 2. The van der Waals surface area contributed by atoms with Crippen LogP contribution in [0.2, 0.25) is 0 Å². The largest absolute Gasteiger partial charge is 0.493 e. The van der Waals surface area contributed by atoms with Gasteiger partial charge in [0, 0.05) is 32.2 Å². The number of rotatable bonds is 10. The Morgan fingerprint density at radius 2 is 1.56 bits per heavy atom. The van der Waals surface area contributed by atoms with Crippen molar-refractivity contribution in [3.63, 3.8) is 0 Å². The number of carbonyl (C=O) groups is 1. The molecule has 0 saturated carbocycles. The molecule has 2 heterocycles. The van der Waals surface area contributed by atoms with Gasteiger partial charge in [0.15, 0.2) is 11.5 Å². The van der Waals surface area contributed by atoms with Crippen LogP contribution in [0.4, 0.5) is 0 Å². The number of hydrogen-bond acceptors (Lipinski definition) is 5. The predicted molar refractivity (Wildman–Crippen MR) is 165 cm³/mol. The van der Waals surface area contributed by atoms with E-state index >= 15 is 0 Å². The highest BCUT2D eigenvalue weighted by Gasteiger charge is 2.43. The van der Waals surface area contributed by atoms with Crippen molar-refractivity contribution >= 4 is 5.91 Å². The molecule has 0 atom stereocenters. The second kappa shape index (κ2) is 13.5. The molecule has 2 fully saturated rings. The number of methoxy groups -OCH3 is 1. The number of para-hydroxylation sites is 2. The fourth-order valence-corrected chi connectivity index (χ4v) is 6.39. The topological polar surface area (TPSA) is 54.0 Å². The Morgan fingerprint density at radius 3 is 2.24 bits per heavy atom. The van der Waals surface area contributed by atoms with E-state index in [1.807, 2.05) is 42.5 Å². The van der Waals surface area contributed by atoms with E-state index < -0.39 is 5.41 Å². The average Bonchev–Trinajstić information content (AvgIpc) is 2.99. The molecular weight excluding hydrogens is 510 g/mol. The van der Waals surface area contributed by atoms with E-state index in [0.29, 0.717) is 11.7 Å². The molecule has 3 aromatic carbocycles. The van der Waals surface area contributed by atoms with Gasteiger partial charge in [0.2, 0.25) is 5.91 Å². The summed E-state index contributed by atoms with van der Waals surface area (Å²) in [4.78, 5) is 19.0. The summed E-state index contributed by atoms with van der Waals surface area (Å²) in [6, 6.07) is 26.7. The smallest absolute Gasteiger partial charge is 0.230 e. The van der Waals surface area contributed by atoms with Gasteiger partial charge in [0.1, 0.15) is 5.75 Å². The molecule has 0 spiro atoms. The van der Waals surface area contributed by atoms with E-state index in [-0.39, 0.29) is 11.9 Å². The van der Waals surface area contributed by atoms with E-state index in [9.17, 15) is 4.79 Å². The molecule has 41 heavy (non-hydrogen) atoms. The maximum Gasteiger partial charge on any atom is 0.230 e. The van der Waals surface area contributed by atoms with Crippen molar-refractivity contribution in [2.45, 2.75) is 57.5 Å². The van der Waals surface area contributed by atoms with Gasteiger partial charge in [-0.1, -0.05) is 68.4 Å². The molecule has 2 aliphatic rings. The summed E-state index contributed by atoms with van der Waals surface area (Å²) in [7, 11) is 1.66. The highest BCUT2D eigenvalue weighted by Crippen LogP contribution is 2.37. The third kappa shape index (κ3) is 7.30. The standard InChI is InChI=1S/C35H45N3O3/c1-27(2)25-38-22-18-35(19-23-38,29-11-5-4-6-12-29)34(39)36-30-16-20-37(21-17-30)26-28-10-9-13-31(24-28)41-33-15-8-7-14-32(33)40-3/h4-15,24,27,30H,16-23,25-26H2,1-3H3,(H,36,39). The number of hydrogen-bond donors (Lipinski definition) is 1. The molecule has 218 valence electrons. The van der Waals surface area contributed by atoms with E-state index in [1.54, 1.807) is 7.11 Å². The number of carbonyl (C=O) groups excluding carboxylic acids is 1. The summed E-state index contributed by atoms with van der Waals surface area (Å²) in [5, 5.41) is 3.50. The second-order valence-corrected chi connectivity index (χ2v) is 12.1. The first kappa shape index (κ1) is 29.2. The van der Waals surface area contributed by atoms with Gasteiger partial charge in [0.25, 0.3) is 0 Å². The van der Waals surface area contributed by atoms with Crippen LogP contribution in [0.3, 0.4) is 0 Å². The van der Waals surface area contributed by atoms with E-state index in [2.05, 4.69) is 65.4 Å². The van der Waals surface area contributed by atoms with E-state index in [0.717, 1.165) is 82.0 Å². The van der Waals surface area contributed by atoms with Gasteiger partial charge in [0.05, 0.1) is 12.5 Å². The first-order chi connectivity index (χ1) is 19.9. The fourth-order valence-electron chi connectivity index (χ4n) is 6.39. The van der Waals surface area contributed by atoms with Crippen LogP contribution in [0.5, 0.6) is 17.2 Å². The van der Waals surface area contributed by atoms with Crippen LogP contribution < -0.4 is 14.8 Å². The Bertz CT molecular complexity index is 1260. The molecule has 1 amide bonds. The quantitative estimate of drug-likeness (QED) is 0.320. The van der Waals surface area contributed by atoms with Gasteiger partial charge in [-0.2, -0.15) is 0 Å². The van der Waals surface area contributed by atoms with Gasteiger partial charge in [-0.25, -0.2) is 0 Å². The molecule has 6 heteroatoms. The number of piperidine rings is 2. The lowest BCUT2D eigenvalue weighted by Crippen LogP contribution is -2.55. The SMILES string of the molecule is COc1ccccc1Oc1cccc(CN2CCC(NC(=O)C3(c4ccccc4)CCN(CC(C)C)CC3)CC2)c1. The molecule has 0 aliphatic carbocycles. The Kier molecular flexibility index (Phi) is 9.63. The van der Waals surface area contributed by atoms with E-state index in [1.165, 1.54) is 5.56 Å². The molecule has 1 N–H and O–H groups in total. The zero-order chi connectivity index (χ0) is 28.7. The molecule has 3 aromatic rings. The Balaban J connectivity index is 1.16. The van der Waals surface area contributed by atoms with Crippen molar-refractivity contribution in [2.75, 3.05) is 39.8 Å². The molecule has 2 aliphatic heterocycles. The van der Waals surface area contributed by atoms with Crippen LogP contribution in [0.1, 0.15) is 50.7 Å². The lowest BCUT2D eigenvalue weighted by atomic mass is 9.71. The summed E-state index contributed by atoms with van der Waals surface area (Å²) in [6.07, 6.45) is 3.68. The maximum absolute atomic E-state index is 14.0. The molecule has 0 bridgehead atoms. The highest BCUT2D eigenvalue weighted by molar-refractivity contribution is 5.88. The van der Waals surface area contributed by atoms with Crippen LogP contribution in [0.15, 0.2) is 78.9 Å². The van der Waals surface area contributed by atoms with Crippen molar-refractivity contribution in [1.82, 2.24) is 15.1 Å². The second-order valence-electron chi connectivity index (χ2n) is 12.1. The normalized spacial score (nSPS) is 18.2. The van der Waals surface area contributed by atoms with Crippen LogP contribution in [-0.4, -0.2) is 61.6 Å². The Labute approximate surface area is 245 Å². The first-order valence-corrected chi connectivity index (χ1v) is 15.2. The molecule has 0 unspecified atom stereocenters. The minimum atomic E-state index is -0.437. The Hall–Kier alpha value is -3.35. The number of benzene rings is 3. The molecule has 6 nitrogen and oxygen atoms in total. The summed E-state index contributed by atoms with van der Waals surface area (Å²) in [5.41, 5.74) is 1.94. The van der Waals surface area contributed by atoms with Crippen molar-refractivity contribution in [2.24, 2.45) is 5.92 Å². The van der Waals surface area contributed by atoms with Gasteiger partial charge in [-0.05, 0) is 80.1 Å². The predicted octanol–water partition coefficient (Wildman–Crippen LogP) is 6.26. The van der Waals surface area contributed by atoms with Gasteiger partial charge in [-0.15, -0.1) is 0 Å². The summed E-state index contributed by atoms with van der Waals surface area (Å²) in [6.45, 7) is 10.4. The highest BCUT2D eigenvalue weighted by atomic mass is 16.5. The fraction of sp³-hybridized carbons (Fsp3) is 0.457.